The number of hydrogen-bond acceptors (Lipinski definition) is 4. The van der Waals surface area contributed by atoms with Crippen LogP contribution in [0.15, 0.2) is 24.4 Å². The summed E-state index contributed by atoms with van der Waals surface area (Å²) >= 11 is 1.93. The Kier molecular flexibility index (Phi) is 5.81. The molecule has 0 radical (unpaired) electrons. The van der Waals surface area contributed by atoms with E-state index < -0.39 is 0 Å². The number of rotatable bonds is 6. The molecule has 3 nitrogen and oxygen atoms in total. The van der Waals surface area contributed by atoms with E-state index in [1.807, 2.05) is 24.0 Å². The molecular formula is C14H23N3S. The fraction of sp³-hybridized carbons (Fsp3) is 0.643. The summed E-state index contributed by atoms with van der Waals surface area (Å²) in [6.07, 6.45) is 7.79. The fourth-order valence-electron chi connectivity index (χ4n) is 2.38. The van der Waals surface area contributed by atoms with Gasteiger partial charge in [0.05, 0.1) is 0 Å². The molecule has 1 aliphatic rings. The summed E-state index contributed by atoms with van der Waals surface area (Å²) in [4.78, 5) is 6.81. The second kappa shape index (κ2) is 7.64. The molecule has 2 rings (SSSR count). The van der Waals surface area contributed by atoms with Gasteiger partial charge < -0.3 is 10.2 Å². The summed E-state index contributed by atoms with van der Waals surface area (Å²) in [5.41, 5.74) is 0. The van der Waals surface area contributed by atoms with E-state index in [0.29, 0.717) is 6.04 Å². The van der Waals surface area contributed by atoms with E-state index >= 15 is 0 Å². The maximum atomic E-state index is 4.42. The molecule has 1 fully saturated rings. The van der Waals surface area contributed by atoms with Crippen molar-refractivity contribution in [3.05, 3.63) is 24.4 Å². The molecule has 18 heavy (non-hydrogen) atoms. The molecule has 2 heterocycles. The van der Waals surface area contributed by atoms with Crippen molar-refractivity contribution in [2.24, 2.45) is 0 Å². The van der Waals surface area contributed by atoms with Gasteiger partial charge >= 0.3 is 0 Å². The molecule has 0 aliphatic carbocycles. The molecule has 0 unspecified atom stereocenters. The highest BCUT2D eigenvalue weighted by atomic mass is 32.2. The lowest BCUT2D eigenvalue weighted by atomic mass is 10.0. The van der Waals surface area contributed by atoms with Crippen LogP contribution in [-0.2, 0) is 0 Å². The number of aromatic nitrogens is 1. The normalized spacial score (nSPS) is 17.1. The van der Waals surface area contributed by atoms with E-state index in [-0.39, 0.29) is 0 Å². The molecule has 0 bridgehead atoms. The van der Waals surface area contributed by atoms with Crippen molar-refractivity contribution >= 4 is 17.6 Å². The highest BCUT2D eigenvalue weighted by molar-refractivity contribution is 7.98. The molecule has 1 N–H and O–H groups in total. The number of piperidine rings is 1. The first-order valence-corrected chi connectivity index (χ1v) is 8.18. The van der Waals surface area contributed by atoms with Crippen molar-refractivity contribution in [2.75, 3.05) is 36.5 Å². The Labute approximate surface area is 114 Å². The highest BCUT2D eigenvalue weighted by Crippen LogP contribution is 2.17. The summed E-state index contributed by atoms with van der Waals surface area (Å²) < 4.78 is 0. The van der Waals surface area contributed by atoms with Gasteiger partial charge in [-0.2, -0.15) is 11.8 Å². The monoisotopic (exact) mass is 265 g/mol. The van der Waals surface area contributed by atoms with Gasteiger partial charge in [0.1, 0.15) is 5.82 Å². The Balaban J connectivity index is 1.68. The van der Waals surface area contributed by atoms with E-state index in [9.17, 15) is 0 Å². The highest BCUT2D eigenvalue weighted by Gasteiger charge is 2.18. The third-order valence-electron chi connectivity index (χ3n) is 3.43. The first-order valence-electron chi connectivity index (χ1n) is 6.78. The molecule has 4 heteroatoms. The lowest BCUT2D eigenvalue weighted by Crippen LogP contribution is -2.43. The van der Waals surface area contributed by atoms with E-state index in [2.05, 4.69) is 33.6 Å². The van der Waals surface area contributed by atoms with Crippen LogP contribution >= 0.6 is 11.8 Å². The fourth-order valence-corrected chi connectivity index (χ4v) is 2.81. The quantitative estimate of drug-likeness (QED) is 0.800. The summed E-state index contributed by atoms with van der Waals surface area (Å²) in [6.45, 7) is 3.41. The van der Waals surface area contributed by atoms with Crippen LogP contribution in [0.4, 0.5) is 5.82 Å². The SMILES string of the molecule is CSCCCNC1CCN(c2ccccn2)CC1. The molecule has 0 saturated carbocycles. The third kappa shape index (κ3) is 4.18. The van der Waals surface area contributed by atoms with Gasteiger partial charge in [0.2, 0.25) is 0 Å². The Bertz CT molecular complexity index is 323. The standard InChI is InChI=1S/C14H23N3S/c1-18-12-4-9-15-13-6-10-17(11-7-13)14-5-2-3-8-16-14/h2-3,5,8,13,15H,4,6-7,9-12H2,1H3. The Morgan fingerprint density at radius 3 is 2.89 bits per heavy atom. The average molecular weight is 265 g/mol. The zero-order valence-electron chi connectivity index (χ0n) is 11.1. The summed E-state index contributed by atoms with van der Waals surface area (Å²) in [5, 5.41) is 3.67. The Hall–Kier alpha value is -0.740. The van der Waals surface area contributed by atoms with Crippen LogP contribution in [0.2, 0.25) is 0 Å². The minimum atomic E-state index is 0.701. The molecule has 0 aromatic carbocycles. The second-order valence-corrected chi connectivity index (χ2v) is 5.74. The van der Waals surface area contributed by atoms with E-state index in [0.717, 1.165) is 25.5 Å². The van der Waals surface area contributed by atoms with E-state index in [1.54, 1.807) is 0 Å². The maximum absolute atomic E-state index is 4.42. The lowest BCUT2D eigenvalue weighted by molar-refractivity contribution is 0.415. The van der Waals surface area contributed by atoms with Crippen molar-refractivity contribution < 1.29 is 0 Å². The van der Waals surface area contributed by atoms with Crippen LogP contribution in [-0.4, -0.2) is 42.7 Å². The Morgan fingerprint density at radius 1 is 1.39 bits per heavy atom. The van der Waals surface area contributed by atoms with Gasteiger partial charge in [-0.25, -0.2) is 4.98 Å². The zero-order valence-corrected chi connectivity index (χ0v) is 12.0. The van der Waals surface area contributed by atoms with Gasteiger partial charge in [0.25, 0.3) is 0 Å². The van der Waals surface area contributed by atoms with Gasteiger partial charge in [-0.05, 0) is 49.9 Å². The average Bonchev–Trinajstić information content (AvgIpc) is 2.45. The van der Waals surface area contributed by atoms with Gasteiger partial charge in [-0.3, -0.25) is 0 Å². The van der Waals surface area contributed by atoms with E-state index in [4.69, 9.17) is 0 Å². The smallest absolute Gasteiger partial charge is 0.128 e. The molecule has 1 aromatic rings. The Morgan fingerprint density at radius 2 is 2.22 bits per heavy atom. The predicted molar refractivity (Wildman–Crippen MR) is 80.5 cm³/mol. The first-order chi connectivity index (χ1) is 8.90. The number of hydrogen-bond donors (Lipinski definition) is 1. The zero-order chi connectivity index (χ0) is 12.6. The van der Waals surface area contributed by atoms with Crippen LogP contribution in [0, 0.1) is 0 Å². The molecule has 0 atom stereocenters. The maximum Gasteiger partial charge on any atom is 0.128 e. The van der Waals surface area contributed by atoms with Crippen molar-refractivity contribution in [3.63, 3.8) is 0 Å². The third-order valence-corrected chi connectivity index (χ3v) is 4.12. The van der Waals surface area contributed by atoms with Gasteiger partial charge in [0, 0.05) is 25.3 Å². The van der Waals surface area contributed by atoms with Crippen LogP contribution in [0.5, 0.6) is 0 Å². The summed E-state index contributed by atoms with van der Waals surface area (Å²) in [5.74, 6) is 2.39. The van der Waals surface area contributed by atoms with E-state index in [1.165, 1.54) is 25.0 Å². The first kappa shape index (κ1) is 13.7. The minimum absolute atomic E-state index is 0.701. The van der Waals surface area contributed by atoms with Crippen LogP contribution < -0.4 is 10.2 Å². The van der Waals surface area contributed by atoms with Gasteiger partial charge in [0.15, 0.2) is 0 Å². The molecule has 1 aliphatic heterocycles. The summed E-state index contributed by atoms with van der Waals surface area (Å²) in [6, 6.07) is 6.84. The van der Waals surface area contributed by atoms with Gasteiger partial charge in [-0.1, -0.05) is 6.07 Å². The van der Waals surface area contributed by atoms with Crippen molar-refractivity contribution in [3.8, 4) is 0 Å². The largest absolute Gasteiger partial charge is 0.357 e. The minimum Gasteiger partial charge on any atom is -0.357 e. The topological polar surface area (TPSA) is 28.2 Å². The number of nitrogens with zero attached hydrogens (tertiary/aromatic N) is 2. The predicted octanol–water partition coefficient (Wildman–Crippen LogP) is 2.39. The lowest BCUT2D eigenvalue weighted by Gasteiger charge is -2.33. The number of anilines is 1. The molecule has 1 saturated heterocycles. The van der Waals surface area contributed by atoms with Crippen LogP contribution in [0.25, 0.3) is 0 Å². The van der Waals surface area contributed by atoms with Crippen molar-refractivity contribution in [2.45, 2.75) is 25.3 Å². The van der Waals surface area contributed by atoms with Crippen molar-refractivity contribution in [1.82, 2.24) is 10.3 Å². The molecule has 0 spiro atoms. The molecule has 1 aromatic heterocycles. The molecular weight excluding hydrogens is 242 g/mol. The number of thioether (sulfide) groups is 1. The summed E-state index contributed by atoms with van der Waals surface area (Å²) in [7, 11) is 0. The molecule has 100 valence electrons. The van der Waals surface area contributed by atoms with Crippen LogP contribution in [0.3, 0.4) is 0 Å². The number of nitrogens with one attached hydrogen (secondary N) is 1. The van der Waals surface area contributed by atoms with Crippen LogP contribution in [0.1, 0.15) is 19.3 Å². The number of pyridine rings is 1. The second-order valence-electron chi connectivity index (χ2n) is 4.75. The van der Waals surface area contributed by atoms with Crippen molar-refractivity contribution in [1.29, 1.82) is 0 Å². The van der Waals surface area contributed by atoms with Gasteiger partial charge in [-0.15, -0.1) is 0 Å². The molecule has 0 amide bonds.